The van der Waals surface area contributed by atoms with Gasteiger partial charge in [0, 0.05) is 37.4 Å². The molecular formula is C14H18ClN5O. The Labute approximate surface area is 128 Å². The zero-order valence-electron chi connectivity index (χ0n) is 11.9. The third kappa shape index (κ3) is 3.33. The van der Waals surface area contributed by atoms with Crippen molar-refractivity contribution in [2.24, 2.45) is 5.92 Å². The minimum Gasteiger partial charge on any atom is -0.373 e. The predicted molar refractivity (Wildman–Crippen MR) is 80.2 cm³/mol. The van der Waals surface area contributed by atoms with Crippen molar-refractivity contribution in [3.05, 3.63) is 35.4 Å². The van der Waals surface area contributed by atoms with Crippen LogP contribution in [-0.2, 0) is 11.3 Å². The van der Waals surface area contributed by atoms with Crippen molar-refractivity contribution in [1.29, 1.82) is 0 Å². The van der Waals surface area contributed by atoms with Crippen molar-refractivity contribution in [3.63, 3.8) is 0 Å². The Bertz CT molecular complexity index is 585. The molecule has 1 N–H and O–H groups in total. The van der Waals surface area contributed by atoms with E-state index in [9.17, 15) is 0 Å². The minimum atomic E-state index is 0.0881. The van der Waals surface area contributed by atoms with Gasteiger partial charge in [0.15, 0.2) is 0 Å². The largest absolute Gasteiger partial charge is 0.373 e. The highest BCUT2D eigenvalue weighted by atomic mass is 35.5. The first-order chi connectivity index (χ1) is 10.3. The minimum absolute atomic E-state index is 0.0881. The van der Waals surface area contributed by atoms with Crippen LogP contribution < -0.4 is 5.32 Å². The maximum absolute atomic E-state index is 5.86. The normalized spacial score (nSPS) is 21.6. The fraction of sp³-hybridized carbons (Fsp3) is 0.500. The van der Waals surface area contributed by atoms with E-state index in [1.165, 1.54) is 0 Å². The van der Waals surface area contributed by atoms with E-state index in [2.05, 4.69) is 33.5 Å². The number of aryl methyl sites for hydroxylation is 1. The second kappa shape index (κ2) is 6.41. The molecule has 6 nitrogen and oxygen atoms in total. The monoisotopic (exact) mass is 307 g/mol. The molecule has 1 aliphatic rings. The van der Waals surface area contributed by atoms with Gasteiger partial charge in [-0.15, -0.1) is 0 Å². The number of ether oxygens (including phenoxy) is 1. The second-order valence-corrected chi connectivity index (χ2v) is 5.51. The molecule has 0 bridgehead atoms. The van der Waals surface area contributed by atoms with Crippen molar-refractivity contribution in [2.75, 3.05) is 18.5 Å². The van der Waals surface area contributed by atoms with Crippen LogP contribution in [0.4, 0.5) is 5.95 Å². The van der Waals surface area contributed by atoms with E-state index in [-0.39, 0.29) is 6.10 Å². The molecule has 0 aliphatic carbocycles. The molecule has 0 saturated carbocycles. The highest BCUT2D eigenvalue weighted by Gasteiger charge is 2.30. The third-order valence-corrected chi connectivity index (χ3v) is 3.86. The number of nitrogens with zero attached hydrogens (tertiary/aromatic N) is 4. The van der Waals surface area contributed by atoms with E-state index in [4.69, 9.17) is 16.3 Å². The summed E-state index contributed by atoms with van der Waals surface area (Å²) < 4.78 is 7.78. The summed E-state index contributed by atoms with van der Waals surface area (Å²) in [7, 11) is 0. The molecule has 3 heterocycles. The van der Waals surface area contributed by atoms with Gasteiger partial charge in [0.05, 0.1) is 29.7 Å². The van der Waals surface area contributed by atoms with E-state index < -0.39 is 0 Å². The molecule has 0 unspecified atom stereocenters. The van der Waals surface area contributed by atoms with Crippen LogP contribution in [0.2, 0.25) is 5.02 Å². The average Bonchev–Trinajstić information content (AvgIpc) is 3.15. The van der Waals surface area contributed by atoms with Crippen LogP contribution in [0.1, 0.15) is 25.0 Å². The Kier molecular flexibility index (Phi) is 4.36. The van der Waals surface area contributed by atoms with E-state index in [0.29, 0.717) is 16.9 Å². The zero-order valence-corrected chi connectivity index (χ0v) is 12.6. The lowest BCUT2D eigenvalue weighted by Gasteiger charge is -2.17. The lowest BCUT2D eigenvalue weighted by atomic mass is 9.97. The zero-order chi connectivity index (χ0) is 14.7. The van der Waals surface area contributed by atoms with Crippen molar-refractivity contribution in [3.8, 4) is 0 Å². The van der Waals surface area contributed by atoms with Gasteiger partial charge in [-0.2, -0.15) is 5.10 Å². The molecule has 1 fully saturated rings. The van der Waals surface area contributed by atoms with Gasteiger partial charge in [0.1, 0.15) is 0 Å². The number of anilines is 1. The van der Waals surface area contributed by atoms with Gasteiger partial charge in [0.2, 0.25) is 5.95 Å². The van der Waals surface area contributed by atoms with Gasteiger partial charge < -0.3 is 10.1 Å². The number of hydrogen-bond donors (Lipinski definition) is 1. The molecule has 0 amide bonds. The van der Waals surface area contributed by atoms with Crippen LogP contribution in [0, 0.1) is 5.92 Å². The molecule has 2 aromatic heterocycles. The summed E-state index contributed by atoms with van der Waals surface area (Å²) in [5.74, 6) is 0.980. The highest BCUT2D eigenvalue weighted by Crippen LogP contribution is 2.34. The first-order valence-electron chi connectivity index (χ1n) is 7.11. The molecule has 3 rings (SSSR count). The summed E-state index contributed by atoms with van der Waals surface area (Å²) in [6, 6.07) is 0. The summed E-state index contributed by atoms with van der Waals surface area (Å²) >= 11 is 5.78. The quantitative estimate of drug-likeness (QED) is 0.919. The summed E-state index contributed by atoms with van der Waals surface area (Å²) in [6.45, 7) is 4.48. The smallest absolute Gasteiger partial charge is 0.222 e. The SMILES string of the molecule is CCn1cc([C@@H]2OCC[C@H]2CNc2ncc(Cl)cn2)cn1. The van der Waals surface area contributed by atoms with Crippen LogP contribution in [-0.4, -0.2) is 32.9 Å². The summed E-state index contributed by atoms with van der Waals surface area (Å²) in [5.41, 5.74) is 1.14. The molecular weight excluding hydrogens is 290 g/mol. The average molecular weight is 308 g/mol. The van der Waals surface area contributed by atoms with Crippen LogP contribution in [0.15, 0.2) is 24.8 Å². The molecule has 0 spiro atoms. The maximum Gasteiger partial charge on any atom is 0.222 e. The van der Waals surface area contributed by atoms with Gasteiger partial charge in [-0.3, -0.25) is 4.68 Å². The first-order valence-corrected chi connectivity index (χ1v) is 7.49. The molecule has 2 aromatic rings. The summed E-state index contributed by atoms with van der Waals surface area (Å²) in [4.78, 5) is 8.29. The van der Waals surface area contributed by atoms with Gasteiger partial charge in [-0.1, -0.05) is 11.6 Å². The van der Waals surface area contributed by atoms with Gasteiger partial charge in [-0.25, -0.2) is 9.97 Å². The number of aromatic nitrogens is 4. The highest BCUT2D eigenvalue weighted by molar-refractivity contribution is 6.30. The predicted octanol–water partition coefficient (Wildman–Crippen LogP) is 2.54. The van der Waals surface area contributed by atoms with Crippen LogP contribution in [0.5, 0.6) is 0 Å². The number of halogens is 1. The lowest BCUT2D eigenvalue weighted by molar-refractivity contribution is 0.0932. The molecule has 21 heavy (non-hydrogen) atoms. The molecule has 1 aliphatic heterocycles. The third-order valence-electron chi connectivity index (χ3n) is 3.66. The Hall–Kier alpha value is -1.66. The van der Waals surface area contributed by atoms with Crippen LogP contribution in [0.3, 0.4) is 0 Å². The standard InChI is InChI=1S/C14H18ClN5O/c1-2-20-9-11(6-19-20)13-10(3-4-21-13)5-16-14-17-7-12(15)8-18-14/h6-10,13H,2-5H2,1H3,(H,16,17,18)/t10-,13+/m0/s1. The molecule has 0 radical (unpaired) electrons. The number of rotatable bonds is 5. The fourth-order valence-electron chi connectivity index (χ4n) is 2.54. The molecule has 7 heteroatoms. The molecule has 2 atom stereocenters. The molecule has 112 valence electrons. The van der Waals surface area contributed by atoms with Crippen molar-refractivity contribution < 1.29 is 4.74 Å². The Morgan fingerprint density at radius 3 is 2.90 bits per heavy atom. The van der Waals surface area contributed by atoms with Gasteiger partial charge >= 0.3 is 0 Å². The number of hydrogen-bond acceptors (Lipinski definition) is 5. The van der Waals surface area contributed by atoms with Crippen molar-refractivity contribution in [1.82, 2.24) is 19.7 Å². The summed E-state index contributed by atoms with van der Waals surface area (Å²) in [6.07, 6.45) is 8.23. The van der Waals surface area contributed by atoms with Crippen molar-refractivity contribution in [2.45, 2.75) is 26.0 Å². The van der Waals surface area contributed by atoms with Gasteiger partial charge in [0.25, 0.3) is 0 Å². The van der Waals surface area contributed by atoms with Crippen LogP contribution in [0.25, 0.3) is 0 Å². The first kappa shape index (κ1) is 14.3. The Balaban J connectivity index is 1.62. The van der Waals surface area contributed by atoms with E-state index in [0.717, 1.165) is 31.7 Å². The topological polar surface area (TPSA) is 64.9 Å². The maximum atomic E-state index is 5.86. The summed E-state index contributed by atoms with van der Waals surface area (Å²) in [5, 5.41) is 8.10. The second-order valence-electron chi connectivity index (χ2n) is 5.08. The van der Waals surface area contributed by atoms with E-state index in [1.54, 1.807) is 12.4 Å². The Morgan fingerprint density at radius 2 is 2.19 bits per heavy atom. The molecule has 1 saturated heterocycles. The fourth-order valence-corrected chi connectivity index (χ4v) is 2.63. The van der Waals surface area contributed by atoms with Gasteiger partial charge in [-0.05, 0) is 13.3 Å². The van der Waals surface area contributed by atoms with Crippen LogP contribution >= 0.6 is 11.6 Å². The van der Waals surface area contributed by atoms with Crippen molar-refractivity contribution >= 4 is 17.5 Å². The molecule has 0 aromatic carbocycles. The number of nitrogens with one attached hydrogen (secondary N) is 1. The Morgan fingerprint density at radius 1 is 1.38 bits per heavy atom. The van der Waals surface area contributed by atoms with E-state index >= 15 is 0 Å². The lowest BCUT2D eigenvalue weighted by Crippen LogP contribution is -2.18. The van der Waals surface area contributed by atoms with E-state index in [1.807, 2.05) is 10.9 Å².